The summed E-state index contributed by atoms with van der Waals surface area (Å²) in [5.41, 5.74) is 3.52. The summed E-state index contributed by atoms with van der Waals surface area (Å²) in [4.78, 5) is 7.98. The van der Waals surface area contributed by atoms with E-state index < -0.39 is 5.60 Å². The van der Waals surface area contributed by atoms with Crippen molar-refractivity contribution in [3.63, 3.8) is 0 Å². The van der Waals surface area contributed by atoms with Crippen LogP contribution in [-0.2, 0) is 0 Å². The van der Waals surface area contributed by atoms with Crippen molar-refractivity contribution in [2.75, 3.05) is 0 Å². The van der Waals surface area contributed by atoms with Gasteiger partial charge in [0, 0.05) is 11.1 Å². The third-order valence-corrected chi connectivity index (χ3v) is 4.40. The van der Waals surface area contributed by atoms with Crippen LogP contribution in [0.1, 0.15) is 38.2 Å². The number of fused-ring (bicyclic) bond motifs is 1. The summed E-state index contributed by atoms with van der Waals surface area (Å²) in [6.07, 6.45) is 1.91. The molecule has 2 heterocycles. The molecule has 0 aliphatic heterocycles. The fraction of sp³-hybridized carbons (Fsp3) is 0.227. The van der Waals surface area contributed by atoms with E-state index in [1.807, 2.05) is 61.7 Å². The number of nitrogens with one attached hydrogen (secondary N) is 1. The predicted octanol–water partition coefficient (Wildman–Crippen LogP) is 3.55. The van der Waals surface area contributed by atoms with Gasteiger partial charge in [0.2, 0.25) is 0 Å². The van der Waals surface area contributed by atoms with Crippen molar-refractivity contribution in [3.8, 4) is 23.1 Å². The Morgan fingerprint density at radius 3 is 2.57 bits per heavy atom. The van der Waals surface area contributed by atoms with Gasteiger partial charge in [-0.1, -0.05) is 41.3 Å². The van der Waals surface area contributed by atoms with Crippen LogP contribution in [0.5, 0.6) is 0 Å². The van der Waals surface area contributed by atoms with Gasteiger partial charge in [-0.05, 0) is 45.0 Å². The Bertz CT molecular complexity index is 1140. The van der Waals surface area contributed by atoms with Crippen LogP contribution < -0.4 is 0 Å². The van der Waals surface area contributed by atoms with Crippen molar-refractivity contribution in [2.45, 2.75) is 32.4 Å². The van der Waals surface area contributed by atoms with Crippen LogP contribution in [0.25, 0.3) is 22.3 Å². The van der Waals surface area contributed by atoms with Gasteiger partial charge in [-0.2, -0.15) is 0 Å². The average molecular weight is 371 g/mol. The number of para-hydroxylation sites is 2. The molecule has 0 unspecified atom stereocenters. The lowest BCUT2D eigenvalue weighted by molar-refractivity contribution is 0.143. The first-order valence-corrected chi connectivity index (χ1v) is 9.11. The molecule has 2 aromatic heterocycles. The Kier molecular flexibility index (Phi) is 4.46. The molecule has 6 heteroatoms. The highest BCUT2D eigenvalue weighted by Crippen LogP contribution is 2.22. The largest absolute Gasteiger partial charge is 0.378 e. The molecule has 0 saturated carbocycles. The molecule has 0 fully saturated rings. The van der Waals surface area contributed by atoms with Crippen LogP contribution in [0, 0.1) is 11.8 Å². The van der Waals surface area contributed by atoms with Gasteiger partial charge >= 0.3 is 0 Å². The maximum absolute atomic E-state index is 9.70. The lowest BCUT2D eigenvalue weighted by atomic mass is 10.1. The number of aromatic nitrogens is 5. The molecule has 0 bridgehead atoms. The number of nitrogens with zero attached hydrogens (tertiary/aromatic N) is 4. The Morgan fingerprint density at radius 2 is 1.86 bits per heavy atom. The first kappa shape index (κ1) is 18.0. The summed E-state index contributed by atoms with van der Waals surface area (Å²) in [6, 6.07) is 15.6. The SMILES string of the molecule is C[C@H](c1nc2ccccc2[nH]1)n1cc(-c2ccc(C#CC(C)(C)O)cc2)nn1. The van der Waals surface area contributed by atoms with E-state index in [9.17, 15) is 5.11 Å². The minimum atomic E-state index is -1.01. The third-order valence-electron chi connectivity index (χ3n) is 4.40. The minimum absolute atomic E-state index is 0.0643. The third kappa shape index (κ3) is 3.80. The Labute approximate surface area is 163 Å². The zero-order chi connectivity index (χ0) is 19.7. The minimum Gasteiger partial charge on any atom is -0.378 e. The summed E-state index contributed by atoms with van der Waals surface area (Å²) in [5, 5.41) is 18.3. The van der Waals surface area contributed by atoms with E-state index in [0.717, 1.165) is 33.7 Å². The fourth-order valence-electron chi connectivity index (χ4n) is 2.84. The van der Waals surface area contributed by atoms with Crippen LogP contribution in [0.2, 0.25) is 0 Å². The van der Waals surface area contributed by atoms with Crippen molar-refractivity contribution < 1.29 is 5.11 Å². The van der Waals surface area contributed by atoms with Gasteiger partial charge in [0.1, 0.15) is 23.2 Å². The molecule has 6 nitrogen and oxygen atoms in total. The Hall–Kier alpha value is -3.43. The lowest BCUT2D eigenvalue weighted by Crippen LogP contribution is -2.14. The van der Waals surface area contributed by atoms with Gasteiger partial charge < -0.3 is 10.1 Å². The number of H-pyrrole nitrogens is 1. The molecule has 0 saturated heterocycles. The number of aromatic amines is 1. The van der Waals surface area contributed by atoms with E-state index in [-0.39, 0.29) is 6.04 Å². The van der Waals surface area contributed by atoms with Crippen molar-refractivity contribution in [3.05, 3.63) is 66.1 Å². The number of benzene rings is 2. The first-order chi connectivity index (χ1) is 13.4. The van der Waals surface area contributed by atoms with Crippen molar-refractivity contribution in [1.82, 2.24) is 25.0 Å². The molecular formula is C22H21N5O. The maximum Gasteiger partial charge on any atom is 0.131 e. The molecule has 140 valence electrons. The smallest absolute Gasteiger partial charge is 0.131 e. The molecule has 28 heavy (non-hydrogen) atoms. The zero-order valence-electron chi connectivity index (χ0n) is 16.0. The lowest BCUT2D eigenvalue weighted by Gasteiger charge is -2.07. The topological polar surface area (TPSA) is 79.6 Å². The molecule has 0 radical (unpaired) electrons. The van der Waals surface area contributed by atoms with E-state index in [1.54, 1.807) is 18.5 Å². The fourth-order valence-corrected chi connectivity index (χ4v) is 2.84. The summed E-state index contributed by atoms with van der Waals surface area (Å²) in [6.45, 7) is 5.36. The van der Waals surface area contributed by atoms with Crippen molar-refractivity contribution >= 4 is 11.0 Å². The number of hydrogen-bond donors (Lipinski definition) is 2. The van der Waals surface area contributed by atoms with Gasteiger partial charge in [-0.3, -0.25) is 0 Å². The maximum atomic E-state index is 9.70. The van der Waals surface area contributed by atoms with Crippen LogP contribution >= 0.6 is 0 Å². The molecule has 4 rings (SSSR count). The van der Waals surface area contributed by atoms with Crippen LogP contribution in [0.4, 0.5) is 0 Å². The van der Waals surface area contributed by atoms with Gasteiger partial charge in [0.15, 0.2) is 0 Å². The van der Waals surface area contributed by atoms with E-state index >= 15 is 0 Å². The molecule has 0 spiro atoms. The molecule has 2 aromatic carbocycles. The summed E-state index contributed by atoms with van der Waals surface area (Å²) in [7, 11) is 0. The highest BCUT2D eigenvalue weighted by Gasteiger charge is 2.15. The van der Waals surface area contributed by atoms with Crippen LogP contribution in [0.15, 0.2) is 54.7 Å². The average Bonchev–Trinajstić information content (AvgIpc) is 3.33. The van der Waals surface area contributed by atoms with E-state index in [2.05, 4.69) is 32.1 Å². The number of aliphatic hydroxyl groups is 1. The van der Waals surface area contributed by atoms with Gasteiger partial charge in [0.05, 0.1) is 17.2 Å². The molecule has 0 amide bonds. The van der Waals surface area contributed by atoms with Gasteiger partial charge in [0.25, 0.3) is 0 Å². The summed E-state index contributed by atoms with van der Waals surface area (Å²) in [5.74, 6) is 6.62. The molecule has 4 aromatic rings. The first-order valence-electron chi connectivity index (χ1n) is 9.11. The van der Waals surface area contributed by atoms with E-state index in [1.165, 1.54) is 0 Å². The highest BCUT2D eigenvalue weighted by molar-refractivity contribution is 5.74. The molecular weight excluding hydrogens is 350 g/mol. The second-order valence-electron chi connectivity index (χ2n) is 7.29. The number of hydrogen-bond acceptors (Lipinski definition) is 4. The van der Waals surface area contributed by atoms with Crippen molar-refractivity contribution in [1.29, 1.82) is 0 Å². The monoisotopic (exact) mass is 371 g/mol. The van der Waals surface area contributed by atoms with E-state index in [0.29, 0.717) is 0 Å². The standard InChI is InChI=1S/C22H21N5O/c1-15(21-23-18-6-4-5-7-19(18)24-21)27-14-20(25-26-27)17-10-8-16(9-11-17)12-13-22(2,3)28/h4-11,14-15,28H,1-3H3,(H,23,24)/t15-/m1/s1. The highest BCUT2D eigenvalue weighted by atomic mass is 16.3. The van der Waals surface area contributed by atoms with Crippen molar-refractivity contribution in [2.24, 2.45) is 0 Å². The molecule has 2 N–H and O–H groups in total. The molecule has 1 atom stereocenters. The zero-order valence-corrected chi connectivity index (χ0v) is 16.0. The quantitative estimate of drug-likeness (QED) is 0.540. The van der Waals surface area contributed by atoms with Gasteiger partial charge in [-0.15, -0.1) is 5.10 Å². The number of imidazole rings is 1. The van der Waals surface area contributed by atoms with Gasteiger partial charge in [-0.25, -0.2) is 9.67 Å². The van der Waals surface area contributed by atoms with E-state index in [4.69, 9.17) is 0 Å². The Morgan fingerprint density at radius 1 is 1.11 bits per heavy atom. The second-order valence-corrected chi connectivity index (χ2v) is 7.29. The summed E-state index contributed by atoms with van der Waals surface area (Å²) >= 11 is 0. The normalized spacial score (nSPS) is 12.6. The van der Waals surface area contributed by atoms with Crippen LogP contribution in [-0.4, -0.2) is 35.7 Å². The Balaban J connectivity index is 1.56. The molecule has 0 aliphatic carbocycles. The molecule has 0 aliphatic rings. The predicted molar refractivity (Wildman–Crippen MR) is 109 cm³/mol. The second kappa shape index (κ2) is 6.95. The number of rotatable bonds is 3. The summed E-state index contributed by atoms with van der Waals surface area (Å²) < 4.78 is 1.80. The van der Waals surface area contributed by atoms with Crippen LogP contribution in [0.3, 0.4) is 0 Å².